The normalized spacial score (nSPS) is 20.1. The predicted molar refractivity (Wildman–Crippen MR) is 66.0 cm³/mol. The van der Waals surface area contributed by atoms with Crippen LogP contribution in [0, 0.1) is 5.92 Å². The maximum Gasteiger partial charge on any atom is 0.0717 e. The molecule has 0 amide bonds. The Labute approximate surface area is 97.5 Å². The van der Waals surface area contributed by atoms with Crippen molar-refractivity contribution in [2.24, 2.45) is 5.92 Å². The fourth-order valence-corrected chi connectivity index (χ4v) is 2.01. The van der Waals surface area contributed by atoms with Crippen molar-refractivity contribution >= 4 is 0 Å². The van der Waals surface area contributed by atoms with Crippen molar-refractivity contribution in [1.29, 1.82) is 0 Å². The molecule has 2 rings (SSSR count). The average Bonchev–Trinajstić information content (AvgIpc) is 2.30. The van der Waals surface area contributed by atoms with E-state index in [1.54, 1.807) is 0 Å². The van der Waals surface area contributed by atoms with Gasteiger partial charge < -0.3 is 9.64 Å². The van der Waals surface area contributed by atoms with E-state index < -0.39 is 0 Å². The van der Waals surface area contributed by atoms with E-state index in [-0.39, 0.29) is 0 Å². The van der Waals surface area contributed by atoms with Crippen LogP contribution in [0.5, 0.6) is 0 Å². The molecular weight excluding hydrogens is 198 g/mol. The van der Waals surface area contributed by atoms with Crippen molar-refractivity contribution in [3.8, 4) is 0 Å². The number of hydrogen-bond acceptors (Lipinski definition) is 2. The van der Waals surface area contributed by atoms with Gasteiger partial charge in [-0.3, -0.25) is 0 Å². The molecular formula is C14H19NO. The molecule has 0 aliphatic carbocycles. The number of benzene rings is 1. The molecule has 1 atom stereocenters. The van der Waals surface area contributed by atoms with Gasteiger partial charge in [-0.05, 0) is 18.2 Å². The summed E-state index contributed by atoms with van der Waals surface area (Å²) in [5.74, 6) is 0.638. The van der Waals surface area contributed by atoms with Crippen molar-refractivity contribution in [2.75, 3.05) is 20.2 Å². The first-order valence-electron chi connectivity index (χ1n) is 5.83. The molecule has 86 valence electrons. The Morgan fingerprint density at radius 2 is 2.12 bits per heavy atom. The fraction of sp³-hybridized carbons (Fsp3) is 0.429. The molecule has 16 heavy (non-hydrogen) atoms. The van der Waals surface area contributed by atoms with Gasteiger partial charge in [0.1, 0.15) is 0 Å². The highest BCUT2D eigenvalue weighted by molar-refractivity contribution is 5.13. The SMILES string of the molecule is CN1C=CCC(COCc2ccccc2)C1. The molecule has 2 nitrogen and oxygen atoms in total. The van der Waals surface area contributed by atoms with Gasteiger partial charge in [0.25, 0.3) is 0 Å². The molecule has 1 aromatic carbocycles. The molecule has 0 spiro atoms. The lowest BCUT2D eigenvalue weighted by Gasteiger charge is -2.25. The molecule has 0 bridgehead atoms. The third kappa shape index (κ3) is 3.38. The largest absolute Gasteiger partial charge is 0.380 e. The molecule has 1 heterocycles. The highest BCUT2D eigenvalue weighted by Crippen LogP contribution is 2.13. The molecule has 0 saturated heterocycles. The van der Waals surface area contributed by atoms with Gasteiger partial charge in [-0.2, -0.15) is 0 Å². The lowest BCUT2D eigenvalue weighted by atomic mass is 10.0. The molecule has 0 N–H and O–H groups in total. The number of hydrogen-bond donors (Lipinski definition) is 0. The van der Waals surface area contributed by atoms with E-state index in [4.69, 9.17) is 4.74 Å². The molecule has 2 heteroatoms. The van der Waals surface area contributed by atoms with E-state index in [0.717, 1.165) is 26.2 Å². The topological polar surface area (TPSA) is 12.5 Å². The second-order valence-electron chi connectivity index (χ2n) is 4.43. The van der Waals surface area contributed by atoms with Gasteiger partial charge in [0, 0.05) is 19.5 Å². The summed E-state index contributed by atoms with van der Waals surface area (Å²) in [6.45, 7) is 2.68. The number of allylic oxidation sites excluding steroid dienone is 1. The third-order valence-electron chi connectivity index (χ3n) is 2.84. The summed E-state index contributed by atoms with van der Waals surface area (Å²) in [5, 5.41) is 0. The zero-order valence-electron chi connectivity index (χ0n) is 9.80. The molecule has 1 aliphatic heterocycles. The highest BCUT2D eigenvalue weighted by Gasteiger charge is 2.12. The summed E-state index contributed by atoms with van der Waals surface area (Å²) in [6, 6.07) is 10.3. The predicted octanol–water partition coefficient (Wildman–Crippen LogP) is 2.67. The van der Waals surface area contributed by atoms with Gasteiger partial charge >= 0.3 is 0 Å². The summed E-state index contributed by atoms with van der Waals surface area (Å²) < 4.78 is 5.75. The molecule has 0 saturated carbocycles. The van der Waals surface area contributed by atoms with E-state index in [1.807, 2.05) is 6.07 Å². The molecule has 1 aliphatic rings. The van der Waals surface area contributed by atoms with Crippen LogP contribution in [0.3, 0.4) is 0 Å². The van der Waals surface area contributed by atoms with Crippen LogP contribution >= 0.6 is 0 Å². The number of rotatable bonds is 4. The van der Waals surface area contributed by atoms with Crippen molar-refractivity contribution < 1.29 is 4.74 Å². The monoisotopic (exact) mass is 217 g/mol. The Bertz CT molecular complexity index is 334. The molecule has 1 unspecified atom stereocenters. The minimum atomic E-state index is 0.638. The van der Waals surface area contributed by atoms with Crippen LogP contribution in [-0.4, -0.2) is 25.1 Å². The zero-order valence-corrected chi connectivity index (χ0v) is 9.80. The van der Waals surface area contributed by atoms with E-state index in [2.05, 4.69) is 48.5 Å². The first-order chi connectivity index (χ1) is 7.84. The minimum absolute atomic E-state index is 0.638. The van der Waals surface area contributed by atoms with E-state index >= 15 is 0 Å². The van der Waals surface area contributed by atoms with E-state index in [1.165, 1.54) is 5.56 Å². The summed E-state index contributed by atoms with van der Waals surface area (Å²) in [4.78, 5) is 2.22. The lowest BCUT2D eigenvalue weighted by Crippen LogP contribution is -2.27. The number of ether oxygens (including phenoxy) is 1. The summed E-state index contributed by atoms with van der Waals surface area (Å²) in [5.41, 5.74) is 1.25. The Hall–Kier alpha value is -1.28. The van der Waals surface area contributed by atoms with E-state index in [0.29, 0.717) is 5.92 Å². The Kier molecular flexibility index (Phi) is 4.00. The second kappa shape index (κ2) is 5.71. The smallest absolute Gasteiger partial charge is 0.0717 e. The van der Waals surface area contributed by atoms with Crippen LogP contribution in [0.2, 0.25) is 0 Å². The Morgan fingerprint density at radius 3 is 2.88 bits per heavy atom. The zero-order chi connectivity index (χ0) is 11.2. The molecule has 1 aromatic rings. The first-order valence-corrected chi connectivity index (χ1v) is 5.83. The summed E-state index contributed by atoms with van der Waals surface area (Å²) in [7, 11) is 2.11. The van der Waals surface area contributed by atoms with Gasteiger partial charge in [0.15, 0.2) is 0 Å². The van der Waals surface area contributed by atoms with Gasteiger partial charge in [-0.25, -0.2) is 0 Å². The third-order valence-corrected chi connectivity index (χ3v) is 2.84. The van der Waals surface area contributed by atoms with Gasteiger partial charge in [-0.15, -0.1) is 0 Å². The van der Waals surface area contributed by atoms with E-state index in [9.17, 15) is 0 Å². The van der Waals surface area contributed by atoms with Gasteiger partial charge in [0.2, 0.25) is 0 Å². The summed E-state index contributed by atoms with van der Waals surface area (Å²) >= 11 is 0. The highest BCUT2D eigenvalue weighted by atomic mass is 16.5. The van der Waals surface area contributed by atoms with Crippen molar-refractivity contribution in [2.45, 2.75) is 13.0 Å². The standard InChI is InChI=1S/C14H19NO/c1-15-9-5-8-14(10-15)12-16-11-13-6-3-2-4-7-13/h2-7,9,14H,8,10-12H2,1H3. The van der Waals surface area contributed by atoms with Crippen molar-refractivity contribution in [3.63, 3.8) is 0 Å². The minimum Gasteiger partial charge on any atom is -0.380 e. The van der Waals surface area contributed by atoms with Crippen LogP contribution in [0.15, 0.2) is 42.6 Å². The van der Waals surface area contributed by atoms with Gasteiger partial charge in [0.05, 0.1) is 13.2 Å². The maximum atomic E-state index is 5.75. The second-order valence-corrected chi connectivity index (χ2v) is 4.43. The molecule has 0 fully saturated rings. The summed E-state index contributed by atoms with van der Waals surface area (Å²) in [6.07, 6.45) is 5.51. The Balaban J connectivity index is 1.70. The fourth-order valence-electron chi connectivity index (χ4n) is 2.01. The molecule has 0 aromatic heterocycles. The number of nitrogens with zero attached hydrogens (tertiary/aromatic N) is 1. The Morgan fingerprint density at radius 1 is 1.31 bits per heavy atom. The van der Waals surface area contributed by atoms with Crippen LogP contribution in [-0.2, 0) is 11.3 Å². The van der Waals surface area contributed by atoms with Crippen LogP contribution in [0.25, 0.3) is 0 Å². The maximum absolute atomic E-state index is 5.75. The average molecular weight is 217 g/mol. The van der Waals surface area contributed by atoms with Gasteiger partial charge in [-0.1, -0.05) is 36.4 Å². The van der Waals surface area contributed by atoms with Crippen LogP contribution < -0.4 is 0 Å². The lowest BCUT2D eigenvalue weighted by molar-refractivity contribution is 0.0772. The first kappa shape index (κ1) is 11.2. The molecule has 0 radical (unpaired) electrons. The van der Waals surface area contributed by atoms with Crippen molar-refractivity contribution in [3.05, 3.63) is 48.2 Å². The van der Waals surface area contributed by atoms with Crippen LogP contribution in [0.4, 0.5) is 0 Å². The van der Waals surface area contributed by atoms with Crippen molar-refractivity contribution in [1.82, 2.24) is 4.90 Å². The van der Waals surface area contributed by atoms with Crippen LogP contribution in [0.1, 0.15) is 12.0 Å². The quantitative estimate of drug-likeness (QED) is 0.769.